The monoisotopic (exact) mass is 426 g/mol. The highest BCUT2D eigenvalue weighted by atomic mass is 32.1. The van der Waals surface area contributed by atoms with Gasteiger partial charge in [-0.25, -0.2) is 0 Å². The third kappa shape index (κ3) is 5.24. The fourth-order valence-electron chi connectivity index (χ4n) is 3.16. The van der Waals surface area contributed by atoms with Gasteiger partial charge in [-0.1, -0.05) is 11.2 Å². The van der Waals surface area contributed by atoms with E-state index in [0.29, 0.717) is 57.0 Å². The van der Waals surface area contributed by atoms with Crippen LogP contribution in [0.15, 0.2) is 40.2 Å². The second kappa shape index (κ2) is 9.53. The second-order valence-electron chi connectivity index (χ2n) is 6.91. The molecule has 30 heavy (non-hydrogen) atoms. The largest absolute Gasteiger partial charge is 0.492 e. The second-order valence-corrected chi connectivity index (χ2v) is 7.86. The SMILES string of the molecule is O=C(CCCc1nc(-c2cccs2)no1)NCCOc1ccc2c(c1)CCC(=O)N2. The fraction of sp³-hybridized carbons (Fsp3) is 0.333. The van der Waals surface area contributed by atoms with Crippen LogP contribution in [-0.2, 0) is 22.4 Å². The standard InChI is InChI=1S/C21H22N4O4S/c26-18(4-1-5-20-24-21(25-29-20)17-3-2-12-30-17)22-10-11-28-15-7-8-16-14(13-15)6-9-19(27)23-16/h2-3,7-8,12-13H,1,4-6,9-11H2,(H,22,26)(H,23,27). The van der Waals surface area contributed by atoms with Crippen LogP contribution in [0, 0.1) is 0 Å². The van der Waals surface area contributed by atoms with Gasteiger partial charge in [0.25, 0.3) is 0 Å². The van der Waals surface area contributed by atoms with Gasteiger partial charge >= 0.3 is 0 Å². The Morgan fingerprint density at radius 1 is 1.30 bits per heavy atom. The number of nitrogens with zero attached hydrogens (tertiary/aromatic N) is 2. The Labute approximate surface area is 177 Å². The molecule has 2 N–H and O–H groups in total. The van der Waals surface area contributed by atoms with Crippen molar-refractivity contribution in [3.05, 3.63) is 47.2 Å². The summed E-state index contributed by atoms with van der Waals surface area (Å²) in [5, 5.41) is 11.6. The van der Waals surface area contributed by atoms with Crippen molar-refractivity contribution < 1.29 is 18.8 Å². The molecule has 0 atom stereocenters. The van der Waals surface area contributed by atoms with E-state index in [1.807, 2.05) is 35.7 Å². The lowest BCUT2D eigenvalue weighted by atomic mass is 10.0. The molecule has 0 fully saturated rings. The minimum absolute atomic E-state index is 0.0373. The molecule has 1 aliphatic heterocycles. The Bertz CT molecular complexity index is 1020. The molecular weight excluding hydrogens is 404 g/mol. The third-order valence-corrected chi connectivity index (χ3v) is 5.54. The highest BCUT2D eigenvalue weighted by molar-refractivity contribution is 7.13. The topological polar surface area (TPSA) is 106 Å². The van der Waals surface area contributed by atoms with Crippen LogP contribution in [0.5, 0.6) is 5.75 Å². The van der Waals surface area contributed by atoms with Gasteiger partial charge in [-0.15, -0.1) is 11.3 Å². The van der Waals surface area contributed by atoms with Gasteiger partial charge in [0, 0.05) is 24.9 Å². The maximum atomic E-state index is 12.0. The fourth-order valence-corrected chi connectivity index (χ4v) is 3.81. The summed E-state index contributed by atoms with van der Waals surface area (Å²) in [5.74, 6) is 1.87. The molecule has 2 amide bonds. The van der Waals surface area contributed by atoms with Crippen LogP contribution in [0.1, 0.15) is 30.7 Å². The molecule has 0 aliphatic carbocycles. The summed E-state index contributed by atoms with van der Waals surface area (Å²) in [7, 11) is 0. The van der Waals surface area contributed by atoms with E-state index < -0.39 is 0 Å². The third-order valence-electron chi connectivity index (χ3n) is 4.67. The van der Waals surface area contributed by atoms with E-state index in [0.717, 1.165) is 21.9 Å². The van der Waals surface area contributed by atoms with Crippen LogP contribution in [0.3, 0.4) is 0 Å². The number of benzene rings is 1. The predicted molar refractivity (Wildman–Crippen MR) is 112 cm³/mol. The number of rotatable bonds is 9. The van der Waals surface area contributed by atoms with Crippen molar-refractivity contribution in [2.45, 2.75) is 32.1 Å². The van der Waals surface area contributed by atoms with E-state index in [1.54, 1.807) is 11.3 Å². The van der Waals surface area contributed by atoms with E-state index in [2.05, 4.69) is 20.8 Å². The molecule has 0 radical (unpaired) electrons. The Hall–Kier alpha value is -3.20. The van der Waals surface area contributed by atoms with Gasteiger partial charge in [-0.2, -0.15) is 4.98 Å². The summed E-state index contributed by atoms with van der Waals surface area (Å²) in [4.78, 5) is 28.7. The molecule has 156 valence electrons. The van der Waals surface area contributed by atoms with Crippen LogP contribution >= 0.6 is 11.3 Å². The number of carbonyl (C=O) groups is 2. The van der Waals surface area contributed by atoms with Crippen molar-refractivity contribution in [3.8, 4) is 16.5 Å². The van der Waals surface area contributed by atoms with Crippen LogP contribution < -0.4 is 15.4 Å². The smallest absolute Gasteiger partial charge is 0.226 e. The quantitative estimate of drug-likeness (QED) is 0.509. The van der Waals surface area contributed by atoms with E-state index in [9.17, 15) is 9.59 Å². The van der Waals surface area contributed by atoms with Gasteiger partial charge in [0.2, 0.25) is 23.5 Å². The normalized spacial score (nSPS) is 12.9. The van der Waals surface area contributed by atoms with Crippen molar-refractivity contribution in [1.29, 1.82) is 0 Å². The molecule has 3 heterocycles. The summed E-state index contributed by atoms with van der Waals surface area (Å²) < 4.78 is 10.9. The summed E-state index contributed by atoms with van der Waals surface area (Å²) in [6.07, 6.45) is 2.79. The molecule has 9 heteroatoms. The Morgan fingerprint density at radius 3 is 3.10 bits per heavy atom. The number of carbonyl (C=O) groups excluding carboxylic acids is 2. The number of hydrogen-bond donors (Lipinski definition) is 2. The van der Waals surface area contributed by atoms with E-state index >= 15 is 0 Å². The van der Waals surface area contributed by atoms with Crippen LogP contribution in [0.2, 0.25) is 0 Å². The van der Waals surface area contributed by atoms with Crippen molar-refractivity contribution in [1.82, 2.24) is 15.5 Å². The molecule has 1 aliphatic rings. The molecular formula is C21H22N4O4S. The molecule has 4 rings (SSSR count). The number of aromatic nitrogens is 2. The summed E-state index contributed by atoms with van der Waals surface area (Å²) in [5.41, 5.74) is 1.91. The molecule has 0 spiro atoms. The summed E-state index contributed by atoms with van der Waals surface area (Å²) >= 11 is 1.56. The molecule has 0 saturated heterocycles. The molecule has 2 aromatic heterocycles. The van der Waals surface area contributed by atoms with Gasteiger partial charge in [0.15, 0.2) is 0 Å². The van der Waals surface area contributed by atoms with Crippen molar-refractivity contribution in [2.24, 2.45) is 0 Å². The van der Waals surface area contributed by atoms with Crippen molar-refractivity contribution >= 4 is 28.8 Å². The van der Waals surface area contributed by atoms with Gasteiger partial charge < -0.3 is 19.9 Å². The summed E-state index contributed by atoms with van der Waals surface area (Å²) in [6.45, 7) is 0.806. The molecule has 3 aromatic rings. The molecule has 0 bridgehead atoms. The zero-order chi connectivity index (χ0) is 20.8. The van der Waals surface area contributed by atoms with Gasteiger partial charge in [-0.3, -0.25) is 9.59 Å². The maximum Gasteiger partial charge on any atom is 0.226 e. The summed E-state index contributed by atoms with van der Waals surface area (Å²) in [6, 6.07) is 9.49. The van der Waals surface area contributed by atoms with Crippen LogP contribution in [0.4, 0.5) is 5.69 Å². The predicted octanol–water partition coefficient (Wildman–Crippen LogP) is 3.20. The molecule has 0 unspecified atom stereocenters. The lowest BCUT2D eigenvalue weighted by Crippen LogP contribution is -2.28. The maximum absolute atomic E-state index is 12.0. The van der Waals surface area contributed by atoms with Crippen LogP contribution in [-0.4, -0.2) is 35.1 Å². The average Bonchev–Trinajstić information content (AvgIpc) is 3.43. The highest BCUT2D eigenvalue weighted by Crippen LogP contribution is 2.26. The van der Waals surface area contributed by atoms with Gasteiger partial charge in [-0.05, 0) is 48.1 Å². The number of hydrogen-bond acceptors (Lipinski definition) is 7. The lowest BCUT2D eigenvalue weighted by molar-refractivity contribution is -0.121. The number of aryl methyl sites for hydroxylation is 2. The zero-order valence-electron chi connectivity index (χ0n) is 16.3. The molecule has 1 aromatic carbocycles. The van der Waals surface area contributed by atoms with Crippen molar-refractivity contribution in [3.63, 3.8) is 0 Å². The Kier molecular flexibility index (Phi) is 6.38. The van der Waals surface area contributed by atoms with E-state index in [4.69, 9.17) is 9.26 Å². The first kappa shape index (κ1) is 20.1. The van der Waals surface area contributed by atoms with Gasteiger partial charge in [0.1, 0.15) is 12.4 Å². The number of nitrogens with one attached hydrogen (secondary N) is 2. The van der Waals surface area contributed by atoms with E-state index in [1.165, 1.54) is 0 Å². The Balaban J connectivity index is 1.12. The lowest BCUT2D eigenvalue weighted by Gasteiger charge is -2.17. The minimum Gasteiger partial charge on any atom is -0.492 e. The zero-order valence-corrected chi connectivity index (χ0v) is 17.2. The first-order valence-electron chi connectivity index (χ1n) is 9.86. The average molecular weight is 426 g/mol. The number of ether oxygens (including phenoxy) is 1. The first-order valence-corrected chi connectivity index (χ1v) is 10.7. The number of amides is 2. The number of anilines is 1. The van der Waals surface area contributed by atoms with Gasteiger partial charge in [0.05, 0.1) is 11.4 Å². The minimum atomic E-state index is -0.0373. The van der Waals surface area contributed by atoms with Crippen LogP contribution in [0.25, 0.3) is 10.7 Å². The molecule has 0 saturated carbocycles. The highest BCUT2D eigenvalue weighted by Gasteiger charge is 2.15. The Morgan fingerprint density at radius 2 is 2.23 bits per heavy atom. The number of fused-ring (bicyclic) bond motifs is 1. The van der Waals surface area contributed by atoms with E-state index in [-0.39, 0.29) is 11.8 Å². The number of thiophene rings is 1. The molecule has 8 nitrogen and oxygen atoms in total. The first-order chi connectivity index (χ1) is 14.7. The van der Waals surface area contributed by atoms with Crippen molar-refractivity contribution in [2.75, 3.05) is 18.5 Å².